The van der Waals surface area contributed by atoms with Gasteiger partial charge in [-0.15, -0.1) is 10.2 Å². The zero-order chi connectivity index (χ0) is 21.7. The molecule has 1 N–H and O–H groups in total. The first kappa shape index (κ1) is 19.2. The third kappa shape index (κ3) is 3.09. The van der Waals surface area contributed by atoms with Crippen molar-refractivity contribution in [1.29, 1.82) is 0 Å². The molecule has 2 aromatic carbocycles. The van der Waals surface area contributed by atoms with Crippen LogP contribution in [0.1, 0.15) is 24.3 Å². The molecule has 32 heavy (non-hydrogen) atoms. The lowest BCUT2D eigenvalue weighted by Crippen LogP contribution is -2.38. The number of anilines is 2. The zero-order valence-electron chi connectivity index (χ0n) is 18.0. The maximum absolute atomic E-state index is 12.6. The highest BCUT2D eigenvalue weighted by Gasteiger charge is 2.38. The summed E-state index contributed by atoms with van der Waals surface area (Å²) in [7, 11) is 1.99. The third-order valence-electron chi connectivity index (χ3n) is 6.78. The number of hydrogen-bond acceptors (Lipinski definition) is 6. The Balaban J connectivity index is 1.19. The number of rotatable bonds is 3. The van der Waals surface area contributed by atoms with Gasteiger partial charge in [-0.05, 0) is 48.6 Å². The molecule has 8 nitrogen and oxygen atoms in total. The molecule has 1 atom stereocenters. The number of piperidine rings is 1. The van der Waals surface area contributed by atoms with Crippen molar-refractivity contribution in [1.82, 2.24) is 14.8 Å². The summed E-state index contributed by atoms with van der Waals surface area (Å²) in [5.74, 6) is 3.56. The Morgan fingerprint density at radius 1 is 1.00 bits per heavy atom. The molecule has 0 spiro atoms. The average Bonchev–Trinajstić information content (AvgIpc) is 3.38. The fourth-order valence-electron chi connectivity index (χ4n) is 5.16. The number of carbonyl (C=O) groups is 1. The quantitative estimate of drug-likeness (QED) is 0.686. The van der Waals surface area contributed by atoms with E-state index in [-0.39, 0.29) is 11.8 Å². The molecule has 0 radical (unpaired) electrons. The van der Waals surface area contributed by atoms with Crippen LogP contribution in [0.3, 0.4) is 0 Å². The van der Waals surface area contributed by atoms with E-state index in [0.29, 0.717) is 19.1 Å². The molecule has 1 saturated heterocycles. The van der Waals surface area contributed by atoms with E-state index in [9.17, 15) is 4.79 Å². The van der Waals surface area contributed by atoms with Gasteiger partial charge in [-0.3, -0.25) is 9.36 Å². The van der Waals surface area contributed by atoms with E-state index < -0.39 is 0 Å². The highest BCUT2D eigenvalue weighted by atomic mass is 16.6. The Bertz CT molecular complexity index is 1180. The molecule has 3 aromatic rings. The van der Waals surface area contributed by atoms with Crippen molar-refractivity contribution in [3.8, 4) is 22.9 Å². The maximum Gasteiger partial charge on any atom is 0.232 e. The first-order chi connectivity index (χ1) is 15.7. The summed E-state index contributed by atoms with van der Waals surface area (Å²) in [6.07, 6.45) is 1.89. The van der Waals surface area contributed by atoms with Crippen LogP contribution in [0.15, 0.2) is 42.5 Å². The molecule has 1 fully saturated rings. The van der Waals surface area contributed by atoms with Gasteiger partial charge in [0.15, 0.2) is 17.3 Å². The van der Waals surface area contributed by atoms with Crippen molar-refractivity contribution >= 4 is 17.5 Å². The number of nitrogens with zero attached hydrogens (tertiary/aromatic N) is 4. The summed E-state index contributed by atoms with van der Waals surface area (Å²) in [4.78, 5) is 14.9. The summed E-state index contributed by atoms with van der Waals surface area (Å²) in [5.41, 5.74) is 3.04. The van der Waals surface area contributed by atoms with E-state index in [2.05, 4.69) is 26.5 Å². The molecule has 0 aliphatic carbocycles. The van der Waals surface area contributed by atoms with Crippen molar-refractivity contribution < 1.29 is 14.3 Å². The Kier molecular flexibility index (Phi) is 4.52. The number of benzene rings is 2. The van der Waals surface area contributed by atoms with Crippen molar-refractivity contribution in [2.24, 2.45) is 13.0 Å². The van der Waals surface area contributed by atoms with Gasteiger partial charge in [0.25, 0.3) is 0 Å². The molecule has 1 amide bonds. The Morgan fingerprint density at radius 3 is 2.62 bits per heavy atom. The number of amides is 1. The Hall–Kier alpha value is -3.55. The van der Waals surface area contributed by atoms with Crippen LogP contribution in [0.2, 0.25) is 0 Å². The number of ether oxygens (including phenoxy) is 2. The fourth-order valence-corrected chi connectivity index (χ4v) is 5.16. The number of para-hydroxylation sites is 1. The second kappa shape index (κ2) is 7.55. The molecular formula is C24H25N5O3. The smallest absolute Gasteiger partial charge is 0.232 e. The van der Waals surface area contributed by atoms with E-state index >= 15 is 0 Å². The molecule has 3 aliphatic heterocycles. The normalized spacial score (nSPS) is 20.2. The van der Waals surface area contributed by atoms with Gasteiger partial charge in [-0.1, -0.05) is 18.2 Å². The highest BCUT2D eigenvalue weighted by Crippen LogP contribution is 2.42. The lowest BCUT2D eigenvalue weighted by atomic mass is 9.81. The minimum atomic E-state index is -0.0545. The van der Waals surface area contributed by atoms with Crippen molar-refractivity contribution in [3.63, 3.8) is 0 Å². The highest BCUT2D eigenvalue weighted by molar-refractivity contribution is 6.03. The van der Waals surface area contributed by atoms with Crippen LogP contribution in [0.25, 0.3) is 11.4 Å². The number of aromatic nitrogens is 3. The zero-order valence-corrected chi connectivity index (χ0v) is 18.0. The minimum Gasteiger partial charge on any atom is -0.486 e. The van der Waals surface area contributed by atoms with E-state index in [0.717, 1.165) is 66.0 Å². The topological polar surface area (TPSA) is 81.5 Å². The van der Waals surface area contributed by atoms with E-state index in [1.54, 1.807) is 0 Å². The largest absolute Gasteiger partial charge is 0.486 e. The molecule has 0 saturated carbocycles. The lowest BCUT2D eigenvalue weighted by Gasteiger charge is -2.34. The summed E-state index contributed by atoms with van der Waals surface area (Å²) in [6.45, 7) is 2.83. The van der Waals surface area contributed by atoms with Crippen LogP contribution in [0, 0.1) is 5.92 Å². The van der Waals surface area contributed by atoms with Crippen LogP contribution in [-0.4, -0.2) is 47.0 Å². The molecule has 4 heterocycles. The molecule has 1 aromatic heterocycles. The fraction of sp³-hybridized carbons (Fsp3) is 0.375. The van der Waals surface area contributed by atoms with Crippen LogP contribution in [0.4, 0.5) is 11.6 Å². The minimum absolute atomic E-state index is 0.0545. The van der Waals surface area contributed by atoms with E-state index in [4.69, 9.17) is 9.47 Å². The second-order valence-corrected chi connectivity index (χ2v) is 8.62. The molecule has 1 unspecified atom stereocenters. The van der Waals surface area contributed by atoms with Gasteiger partial charge >= 0.3 is 0 Å². The third-order valence-corrected chi connectivity index (χ3v) is 6.78. The lowest BCUT2D eigenvalue weighted by molar-refractivity contribution is -0.118. The molecule has 3 aliphatic rings. The SMILES string of the molecule is Cn1c(-c2ccc3c(c2)OCCO3)nnc1N1CCC(C2C(=O)Nc3ccccc32)CC1. The van der Waals surface area contributed by atoms with Gasteiger partial charge in [-0.25, -0.2) is 0 Å². The number of nitrogens with one attached hydrogen (secondary N) is 1. The summed E-state index contributed by atoms with van der Waals surface area (Å²) >= 11 is 0. The van der Waals surface area contributed by atoms with E-state index in [1.807, 2.05) is 48.0 Å². The first-order valence-electron chi connectivity index (χ1n) is 11.1. The molecule has 6 rings (SSSR count). The average molecular weight is 431 g/mol. The van der Waals surface area contributed by atoms with Gasteiger partial charge in [0.05, 0.1) is 5.92 Å². The van der Waals surface area contributed by atoms with Gasteiger partial charge in [0, 0.05) is 31.4 Å². The predicted molar refractivity (Wildman–Crippen MR) is 120 cm³/mol. The van der Waals surface area contributed by atoms with Gasteiger partial charge in [0.2, 0.25) is 11.9 Å². The van der Waals surface area contributed by atoms with Crippen LogP contribution < -0.4 is 19.7 Å². The number of hydrogen-bond donors (Lipinski definition) is 1. The van der Waals surface area contributed by atoms with Gasteiger partial charge in [0.1, 0.15) is 13.2 Å². The van der Waals surface area contributed by atoms with Crippen molar-refractivity contribution in [2.45, 2.75) is 18.8 Å². The van der Waals surface area contributed by atoms with Crippen molar-refractivity contribution in [2.75, 3.05) is 36.5 Å². The molecule has 8 heteroatoms. The monoisotopic (exact) mass is 431 g/mol. The summed E-state index contributed by atoms with van der Waals surface area (Å²) < 4.78 is 13.4. The number of carbonyl (C=O) groups excluding carboxylic acids is 1. The number of fused-ring (bicyclic) bond motifs is 2. The van der Waals surface area contributed by atoms with Crippen LogP contribution in [-0.2, 0) is 11.8 Å². The van der Waals surface area contributed by atoms with Crippen molar-refractivity contribution in [3.05, 3.63) is 48.0 Å². The van der Waals surface area contributed by atoms with Gasteiger partial charge in [-0.2, -0.15) is 0 Å². The van der Waals surface area contributed by atoms with Gasteiger partial charge < -0.3 is 19.7 Å². The second-order valence-electron chi connectivity index (χ2n) is 8.62. The Morgan fingerprint density at radius 2 is 1.78 bits per heavy atom. The van der Waals surface area contributed by atoms with Crippen LogP contribution >= 0.6 is 0 Å². The first-order valence-corrected chi connectivity index (χ1v) is 11.1. The standard InChI is InChI=1S/C24H25N5O3/c1-28-22(16-6-7-19-20(14-16)32-13-12-31-19)26-27-24(28)29-10-8-15(9-11-29)21-17-4-2-3-5-18(17)25-23(21)30/h2-7,14-15,21H,8-13H2,1H3,(H,25,30). The predicted octanol–water partition coefficient (Wildman–Crippen LogP) is 3.21. The molecule has 0 bridgehead atoms. The summed E-state index contributed by atoms with van der Waals surface area (Å²) in [5, 5.41) is 12.0. The van der Waals surface area contributed by atoms with E-state index in [1.165, 1.54) is 0 Å². The maximum atomic E-state index is 12.6. The van der Waals surface area contributed by atoms with Crippen LogP contribution in [0.5, 0.6) is 11.5 Å². The Labute approximate surface area is 186 Å². The molecule has 164 valence electrons. The molecular weight excluding hydrogens is 406 g/mol. The summed E-state index contributed by atoms with van der Waals surface area (Å²) in [6, 6.07) is 13.9.